The maximum Gasteiger partial charge on any atom is 0.287 e. The molecule has 2 rings (SSSR count). The standard InChI is InChI=1S/C11H9F2N3O3/c12-7-2-1-3-8(13)10(7)18-5-6-4-9(16-19-6)11(17)15-14/h1-4H,5,14H2,(H,15,17). The molecule has 1 heterocycles. The Morgan fingerprint density at radius 1 is 1.42 bits per heavy atom. The van der Waals surface area contributed by atoms with Crippen LogP contribution in [-0.2, 0) is 6.61 Å². The molecule has 100 valence electrons. The average molecular weight is 269 g/mol. The van der Waals surface area contributed by atoms with Gasteiger partial charge in [-0.3, -0.25) is 10.2 Å². The van der Waals surface area contributed by atoms with E-state index in [1.54, 1.807) is 0 Å². The molecule has 0 spiro atoms. The topological polar surface area (TPSA) is 90.4 Å². The van der Waals surface area contributed by atoms with Gasteiger partial charge in [0.25, 0.3) is 5.91 Å². The summed E-state index contributed by atoms with van der Waals surface area (Å²) >= 11 is 0. The van der Waals surface area contributed by atoms with Gasteiger partial charge in [-0.25, -0.2) is 14.6 Å². The van der Waals surface area contributed by atoms with Crippen molar-refractivity contribution in [3.05, 3.63) is 47.4 Å². The molecule has 6 nitrogen and oxygen atoms in total. The number of rotatable bonds is 4. The minimum Gasteiger partial charge on any atom is -0.479 e. The summed E-state index contributed by atoms with van der Waals surface area (Å²) in [6.45, 7) is -0.275. The van der Waals surface area contributed by atoms with Crippen LogP contribution in [0.5, 0.6) is 5.75 Å². The molecule has 0 saturated carbocycles. The van der Waals surface area contributed by atoms with E-state index in [-0.39, 0.29) is 18.1 Å². The number of carbonyl (C=O) groups excluding carboxylic acids is 1. The Bertz CT molecular complexity index is 580. The molecular formula is C11H9F2N3O3. The van der Waals surface area contributed by atoms with Crippen LogP contribution in [0.1, 0.15) is 16.2 Å². The van der Waals surface area contributed by atoms with Crippen LogP contribution in [-0.4, -0.2) is 11.1 Å². The molecule has 0 atom stereocenters. The highest BCUT2D eigenvalue weighted by atomic mass is 19.1. The predicted octanol–water partition coefficient (Wildman–Crippen LogP) is 1.14. The van der Waals surface area contributed by atoms with E-state index >= 15 is 0 Å². The summed E-state index contributed by atoms with van der Waals surface area (Å²) in [6, 6.07) is 4.59. The Balaban J connectivity index is 2.07. The fraction of sp³-hybridized carbons (Fsp3) is 0.0909. The molecule has 0 aliphatic rings. The number of nitrogens with one attached hydrogen (secondary N) is 1. The van der Waals surface area contributed by atoms with Crippen LogP contribution in [0.25, 0.3) is 0 Å². The number of halogens is 2. The maximum absolute atomic E-state index is 13.2. The summed E-state index contributed by atoms with van der Waals surface area (Å²) in [6.07, 6.45) is 0. The third-order valence-electron chi connectivity index (χ3n) is 2.20. The molecule has 0 fully saturated rings. The van der Waals surface area contributed by atoms with Crippen molar-refractivity contribution in [2.24, 2.45) is 5.84 Å². The van der Waals surface area contributed by atoms with Crippen molar-refractivity contribution in [1.82, 2.24) is 10.6 Å². The van der Waals surface area contributed by atoms with Gasteiger partial charge >= 0.3 is 0 Å². The molecule has 3 N–H and O–H groups in total. The number of para-hydroxylation sites is 1. The second-order valence-electron chi connectivity index (χ2n) is 3.49. The summed E-state index contributed by atoms with van der Waals surface area (Å²) in [5, 5.41) is 3.41. The first-order valence-corrected chi connectivity index (χ1v) is 5.15. The zero-order valence-corrected chi connectivity index (χ0v) is 9.52. The van der Waals surface area contributed by atoms with Gasteiger partial charge in [0.2, 0.25) is 0 Å². The highest BCUT2D eigenvalue weighted by Gasteiger charge is 2.14. The van der Waals surface area contributed by atoms with Crippen LogP contribution in [0.4, 0.5) is 8.78 Å². The number of carbonyl (C=O) groups is 1. The molecule has 1 aromatic heterocycles. The van der Waals surface area contributed by atoms with E-state index in [2.05, 4.69) is 5.16 Å². The number of nitrogen functional groups attached to an aromatic ring is 1. The first-order chi connectivity index (χ1) is 9.11. The first kappa shape index (κ1) is 13.0. The lowest BCUT2D eigenvalue weighted by molar-refractivity contribution is 0.0944. The summed E-state index contributed by atoms with van der Waals surface area (Å²) in [7, 11) is 0. The Kier molecular flexibility index (Phi) is 3.71. The van der Waals surface area contributed by atoms with Gasteiger partial charge in [0.05, 0.1) is 0 Å². The number of amides is 1. The number of hydrogen-bond acceptors (Lipinski definition) is 5. The van der Waals surface area contributed by atoms with Crippen molar-refractivity contribution >= 4 is 5.91 Å². The van der Waals surface area contributed by atoms with Gasteiger partial charge in [0, 0.05) is 6.07 Å². The van der Waals surface area contributed by atoms with Gasteiger partial charge in [0.15, 0.2) is 28.8 Å². The van der Waals surface area contributed by atoms with Crippen LogP contribution in [0, 0.1) is 11.6 Å². The van der Waals surface area contributed by atoms with Crippen molar-refractivity contribution in [3.8, 4) is 5.75 Å². The quantitative estimate of drug-likeness (QED) is 0.493. The lowest BCUT2D eigenvalue weighted by atomic mass is 10.3. The summed E-state index contributed by atoms with van der Waals surface area (Å²) in [4.78, 5) is 11.1. The summed E-state index contributed by atoms with van der Waals surface area (Å²) in [5.74, 6) is 2.19. The Morgan fingerprint density at radius 2 is 2.11 bits per heavy atom. The van der Waals surface area contributed by atoms with Crippen molar-refractivity contribution in [3.63, 3.8) is 0 Å². The zero-order valence-electron chi connectivity index (χ0n) is 9.52. The Morgan fingerprint density at radius 3 is 2.74 bits per heavy atom. The molecular weight excluding hydrogens is 260 g/mol. The second kappa shape index (κ2) is 5.44. The van der Waals surface area contributed by atoms with Crippen LogP contribution in [0.15, 0.2) is 28.8 Å². The SMILES string of the molecule is NNC(=O)c1cc(COc2c(F)cccc2F)on1. The van der Waals surface area contributed by atoms with Gasteiger partial charge in [-0.2, -0.15) is 0 Å². The van der Waals surface area contributed by atoms with E-state index in [0.717, 1.165) is 12.1 Å². The monoisotopic (exact) mass is 269 g/mol. The zero-order chi connectivity index (χ0) is 13.8. The third-order valence-corrected chi connectivity index (χ3v) is 2.20. The number of nitrogens with two attached hydrogens (primary N) is 1. The highest BCUT2D eigenvalue weighted by molar-refractivity contribution is 5.91. The van der Waals surface area contributed by atoms with Crippen molar-refractivity contribution < 1.29 is 22.8 Å². The molecule has 2 aromatic rings. The molecule has 0 unspecified atom stereocenters. The van der Waals surface area contributed by atoms with E-state index in [4.69, 9.17) is 15.1 Å². The number of benzene rings is 1. The molecule has 1 amide bonds. The number of hydrogen-bond donors (Lipinski definition) is 2. The lowest BCUT2D eigenvalue weighted by Crippen LogP contribution is -2.30. The fourth-order valence-electron chi connectivity index (χ4n) is 1.33. The fourth-order valence-corrected chi connectivity index (χ4v) is 1.33. The van der Waals surface area contributed by atoms with Crippen molar-refractivity contribution in [1.29, 1.82) is 0 Å². The van der Waals surface area contributed by atoms with Gasteiger partial charge in [-0.15, -0.1) is 0 Å². The summed E-state index contributed by atoms with van der Waals surface area (Å²) < 4.78 is 36.2. The minimum absolute atomic E-state index is 0.0601. The van der Waals surface area contributed by atoms with E-state index < -0.39 is 23.3 Å². The smallest absolute Gasteiger partial charge is 0.287 e. The van der Waals surface area contributed by atoms with Crippen molar-refractivity contribution in [2.45, 2.75) is 6.61 Å². The molecule has 0 aliphatic carbocycles. The van der Waals surface area contributed by atoms with Gasteiger partial charge in [-0.1, -0.05) is 11.2 Å². The van der Waals surface area contributed by atoms with Gasteiger partial charge in [0.1, 0.15) is 6.61 Å². The Labute approximate surface area is 106 Å². The van der Waals surface area contributed by atoms with Gasteiger partial charge in [-0.05, 0) is 12.1 Å². The van der Waals surface area contributed by atoms with Crippen LogP contribution in [0.3, 0.4) is 0 Å². The summed E-state index contributed by atoms with van der Waals surface area (Å²) in [5.41, 5.74) is 1.80. The second-order valence-corrected chi connectivity index (χ2v) is 3.49. The number of ether oxygens (including phenoxy) is 1. The normalized spacial score (nSPS) is 10.3. The molecule has 0 aliphatic heterocycles. The van der Waals surface area contributed by atoms with Crippen LogP contribution in [0.2, 0.25) is 0 Å². The lowest BCUT2D eigenvalue weighted by Gasteiger charge is -2.05. The molecule has 1 aromatic carbocycles. The number of hydrazine groups is 1. The van der Waals surface area contributed by atoms with E-state index in [0.29, 0.717) is 0 Å². The highest BCUT2D eigenvalue weighted by Crippen LogP contribution is 2.22. The minimum atomic E-state index is -0.834. The molecule has 8 heteroatoms. The molecule has 0 radical (unpaired) electrons. The van der Waals surface area contributed by atoms with Gasteiger partial charge < -0.3 is 9.26 Å². The number of nitrogens with zero attached hydrogens (tertiary/aromatic N) is 1. The van der Waals surface area contributed by atoms with Crippen LogP contribution < -0.4 is 16.0 Å². The Hall–Kier alpha value is -2.48. The number of aromatic nitrogens is 1. The third kappa shape index (κ3) is 2.86. The maximum atomic E-state index is 13.2. The first-order valence-electron chi connectivity index (χ1n) is 5.15. The molecule has 19 heavy (non-hydrogen) atoms. The molecule has 0 bridgehead atoms. The van der Waals surface area contributed by atoms with Crippen molar-refractivity contribution in [2.75, 3.05) is 0 Å². The van der Waals surface area contributed by atoms with E-state index in [1.165, 1.54) is 12.1 Å². The largest absolute Gasteiger partial charge is 0.479 e. The molecule has 0 saturated heterocycles. The van der Waals surface area contributed by atoms with E-state index in [9.17, 15) is 13.6 Å². The van der Waals surface area contributed by atoms with Crippen LogP contribution >= 0.6 is 0 Å². The predicted molar refractivity (Wildman–Crippen MR) is 58.8 cm³/mol. The van der Waals surface area contributed by atoms with E-state index in [1.807, 2.05) is 5.43 Å². The average Bonchev–Trinajstić information content (AvgIpc) is 2.86.